The molecule has 0 radical (unpaired) electrons. The first-order chi connectivity index (χ1) is 4.74. The van der Waals surface area contributed by atoms with Crippen molar-refractivity contribution in [3.8, 4) is 0 Å². The molecule has 2 N–H and O–H groups in total. The highest BCUT2D eigenvalue weighted by atomic mass is 32.2. The molecule has 2 atom stereocenters. The zero-order valence-electron chi connectivity index (χ0n) is 6.18. The van der Waals surface area contributed by atoms with Gasteiger partial charge in [-0.25, -0.2) is 4.79 Å². The largest absolute Gasteiger partial charge is 0.334 e. The van der Waals surface area contributed by atoms with Crippen molar-refractivity contribution in [1.82, 2.24) is 10.6 Å². The van der Waals surface area contributed by atoms with Crippen LogP contribution in [-0.2, 0) is 0 Å². The lowest BCUT2D eigenvalue weighted by Gasteiger charge is -2.11. The van der Waals surface area contributed by atoms with Crippen LogP contribution in [0.5, 0.6) is 0 Å². The van der Waals surface area contributed by atoms with Crippen LogP contribution in [0.15, 0.2) is 0 Å². The number of hydrogen-bond donors (Lipinski definition) is 2. The molecule has 0 saturated carbocycles. The van der Waals surface area contributed by atoms with Crippen LogP contribution >= 0.6 is 11.8 Å². The Bertz CT molecular complexity index is 140. The summed E-state index contributed by atoms with van der Waals surface area (Å²) < 4.78 is 0. The number of thioether (sulfide) groups is 1. The molecule has 58 valence electrons. The lowest BCUT2D eigenvalue weighted by molar-refractivity contribution is 0.247. The molecule has 1 aliphatic rings. The Labute approximate surface area is 64.9 Å². The van der Waals surface area contributed by atoms with Gasteiger partial charge in [0, 0.05) is 11.8 Å². The molecule has 4 heteroatoms. The van der Waals surface area contributed by atoms with Crippen molar-refractivity contribution in [3.05, 3.63) is 0 Å². The molecular weight excluding hydrogens is 148 g/mol. The minimum absolute atomic E-state index is 0.0356. The van der Waals surface area contributed by atoms with Crippen molar-refractivity contribution in [2.24, 2.45) is 0 Å². The molecule has 0 aromatic rings. The smallest absolute Gasteiger partial charge is 0.315 e. The molecule has 2 amide bonds. The summed E-state index contributed by atoms with van der Waals surface area (Å²) in [5.41, 5.74) is 0. The minimum Gasteiger partial charge on any atom is -0.334 e. The van der Waals surface area contributed by atoms with Crippen molar-refractivity contribution in [1.29, 1.82) is 0 Å². The Morgan fingerprint density at radius 3 is 2.70 bits per heavy atom. The quantitative estimate of drug-likeness (QED) is 0.614. The average molecular weight is 160 g/mol. The van der Waals surface area contributed by atoms with E-state index in [-0.39, 0.29) is 12.1 Å². The molecule has 0 aliphatic carbocycles. The maximum Gasteiger partial charge on any atom is 0.315 e. The van der Waals surface area contributed by atoms with Gasteiger partial charge in [-0.2, -0.15) is 11.8 Å². The molecule has 1 aliphatic heterocycles. The fraction of sp³-hybridized carbons (Fsp3) is 0.833. The molecule has 0 aromatic heterocycles. The Morgan fingerprint density at radius 2 is 2.30 bits per heavy atom. The van der Waals surface area contributed by atoms with E-state index in [1.54, 1.807) is 11.8 Å². The lowest BCUT2D eigenvalue weighted by atomic mass is 10.2. The van der Waals surface area contributed by atoms with Gasteiger partial charge < -0.3 is 10.6 Å². The van der Waals surface area contributed by atoms with Crippen LogP contribution in [-0.4, -0.2) is 30.1 Å². The van der Waals surface area contributed by atoms with Gasteiger partial charge in [-0.05, 0) is 13.2 Å². The summed E-state index contributed by atoms with van der Waals surface area (Å²) in [6.07, 6.45) is 2.04. The van der Waals surface area contributed by atoms with Crippen LogP contribution in [0.3, 0.4) is 0 Å². The van der Waals surface area contributed by atoms with E-state index in [9.17, 15) is 4.79 Å². The summed E-state index contributed by atoms with van der Waals surface area (Å²) in [5, 5.41) is 5.62. The molecule has 10 heavy (non-hydrogen) atoms. The van der Waals surface area contributed by atoms with Gasteiger partial charge in [0.15, 0.2) is 0 Å². The summed E-state index contributed by atoms with van der Waals surface area (Å²) in [5.74, 6) is 0.986. The van der Waals surface area contributed by atoms with E-state index >= 15 is 0 Å². The molecular formula is C6H12N2OS. The third-order valence-corrected chi connectivity index (χ3v) is 2.32. The van der Waals surface area contributed by atoms with Crippen molar-refractivity contribution in [2.45, 2.75) is 19.0 Å². The van der Waals surface area contributed by atoms with E-state index in [1.165, 1.54) is 0 Å². The van der Waals surface area contributed by atoms with Gasteiger partial charge >= 0.3 is 6.03 Å². The number of amides is 2. The highest BCUT2D eigenvalue weighted by Crippen LogP contribution is 2.05. The monoisotopic (exact) mass is 160 g/mol. The fourth-order valence-electron chi connectivity index (χ4n) is 1.01. The van der Waals surface area contributed by atoms with Crippen LogP contribution in [0.2, 0.25) is 0 Å². The summed E-state index contributed by atoms with van der Waals surface area (Å²) in [7, 11) is 0. The second-order valence-corrected chi connectivity index (χ2v) is 3.38. The third kappa shape index (κ3) is 1.56. The van der Waals surface area contributed by atoms with Crippen molar-refractivity contribution in [2.75, 3.05) is 12.0 Å². The highest BCUT2D eigenvalue weighted by molar-refractivity contribution is 7.98. The van der Waals surface area contributed by atoms with E-state index in [2.05, 4.69) is 10.6 Å². The van der Waals surface area contributed by atoms with Crippen molar-refractivity contribution >= 4 is 17.8 Å². The number of rotatable bonds is 2. The Hall–Kier alpha value is -0.380. The number of nitrogens with one attached hydrogen (secondary N) is 2. The minimum atomic E-state index is -0.0356. The number of carbonyl (C=O) groups excluding carboxylic acids is 1. The van der Waals surface area contributed by atoms with Crippen LogP contribution in [0.1, 0.15) is 6.92 Å². The van der Waals surface area contributed by atoms with Gasteiger partial charge in [-0.15, -0.1) is 0 Å². The first-order valence-corrected chi connectivity index (χ1v) is 4.69. The van der Waals surface area contributed by atoms with Gasteiger partial charge in [-0.3, -0.25) is 0 Å². The molecule has 0 aromatic carbocycles. The summed E-state index contributed by atoms with van der Waals surface area (Å²) in [6.45, 7) is 2.01. The average Bonchev–Trinajstić information content (AvgIpc) is 2.13. The van der Waals surface area contributed by atoms with Crippen molar-refractivity contribution in [3.63, 3.8) is 0 Å². The summed E-state index contributed by atoms with van der Waals surface area (Å²) in [4.78, 5) is 10.7. The lowest BCUT2D eigenvalue weighted by Crippen LogP contribution is -2.32. The van der Waals surface area contributed by atoms with E-state index in [0.717, 1.165) is 5.75 Å². The molecule has 0 unspecified atom stereocenters. The Morgan fingerprint density at radius 1 is 1.60 bits per heavy atom. The van der Waals surface area contributed by atoms with Crippen LogP contribution < -0.4 is 10.6 Å². The van der Waals surface area contributed by atoms with Gasteiger partial charge in [0.25, 0.3) is 0 Å². The second-order valence-electron chi connectivity index (χ2n) is 2.47. The van der Waals surface area contributed by atoms with E-state index in [4.69, 9.17) is 0 Å². The first kappa shape index (κ1) is 7.72. The van der Waals surface area contributed by atoms with Crippen LogP contribution in [0, 0.1) is 0 Å². The van der Waals surface area contributed by atoms with Crippen LogP contribution in [0.25, 0.3) is 0 Å². The topological polar surface area (TPSA) is 41.1 Å². The molecule has 0 bridgehead atoms. The van der Waals surface area contributed by atoms with Gasteiger partial charge in [-0.1, -0.05) is 0 Å². The highest BCUT2D eigenvalue weighted by Gasteiger charge is 2.26. The number of hydrogen-bond acceptors (Lipinski definition) is 2. The standard InChI is InChI=1S/C6H12N2OS/c1-4-5(3-10-2)8-6(9)7-4/h4-5H,3H2,1-2H3,(H2,7,8,9)/t4-,5+/m1/s1. The second kappa shape index (κ2) is 3.14. The van der Waals surface area contributed by atoms with Crippen molar-refractivity contribution < 1.29 is 4.79 Å². The predicted octanol–water partition coefficient (Wildman–Crippen LogP) is 0.419. The molecule has 1 heterocycles. The molecule has 1 rings (SSSR count). The van der Waals surface area contributed by atoms with Gasteiger partial charge in [0.2, 0.25) is 0 Å². The maximum absolute atomic E-state index is 10.7. The molecule has 1 fully saturated rings. The SMILES string of the molecule is CSC[C@@H]1NC(=O)N[C@@H]1C. The van der Waals surface area contributed by atoms with E-state index < -0.39 is 0 Å². The van der Waals surface area contributed by atoms with E-state index in [0.29, 0.717) is 6.04 Å². The predicted molar refractivity (Wildman–Crippen MR) is 43.3 cm³/mol. The molecule has 3 nitrogen and oxygen atoms in total. The fourth-order valence-corrected chi connectivity index (χ4v) is 1.74. The molecule has 1 saturated heterocycles. The van der Waals surface area contributed by atoms with E-state index in [1.807, 2.05) is 13.2 Å². The zero-order valence-corrected chi connectivity index (χ0v) is 6.99. The summed E-state index contributed by atoms with van der Waals surface area (Å²) in [6, 6.07) is 0.550. The molecule has 0 spiro atoms. The number of urea groups is 1. The normalized spacial score (nSPS) is 31.6. The third-order valence-electron chi connectivity index (χ3n) is 1.63. The maximum atomic E-state index is 10.7. The first-order valence-electron chi connectivity index (χ1n) is 3.30. The van der Waals surface area contributed by atoms with Gasteiger partial charge in [0.05, 0.1) is 6.04 Å². The zero-order chi connectivity index (χ0) is 7.56. The van der Waals surface area contributed by atoms with Crippen LogP contribution in [0.4, 0.5) is 4.79 Å². The Kier molecular flexibility index (Phi) is 2.43. The van der Waals surface area contributed by atoms with Gasteiger partial charge in [0.1, 0.15) is 0 Å². The number of carbonyl (C=O) groups is 1. The summed E-state index contributed by atoms with van der Waals surface area (Å²) >= 11 is 1.75. The Balaban J connectivity index is 2.38.